The minimum Gasteiger partial charge on any atom is -0.383 e. The highest BCUT2D eigenvalue weighted by atomic mass is 16.5. The summed E-state index contributed by atoms with van der Waals surface area (Å²) in [6, 6.07) is 0. The lowest BCUT2D eigenvalue weighted by molar-refractivity contribution is 0.186. The van der Waals surface area contributed by atoms with Crippen LogP contribution in [0.25, 0.3) is 0 Å². The summed E-state index contributed by atoms with van der Waals surface area (Å²) in [5.41, 5.74) is 0. The van der Waals surface area contributed by atoms with Gasteiger partial charge in [0, 0.05) is 20.1 Å². The zero-order valence-corrected chi connectivity index (χ0v) is 10.5. The summed E-state index contributed by atoms with van der Waals surface area (Å²) in [5.74, 6) is 1.09. The number of ether oxygens (including phenoxy) is 1. The van der Waals surface area contributed by atoms with Gasteiger partial charge in [0.15, 0.2) is 0 Å². The van der Waals surface area contributed by atoms with E-state index in [0.717, 1.165) is 25.4 Å². The van der Waals surface area contributed by atoms with E-state index in [1.807, 2.05) is 0 Å². The number of nitrogens with zero attached hydrogens (tertiary/aromatic N) is 3. The van der Waals surface area contributed by atoms with Crippen molar-refractivity contribution in [1.29, 1.82) is 0 Å². The Morgan fingerprint density at radius 3 is 2.81 bits per heavy atom. The van der Waals surface area contributed by atoms with Crippen molar-refractivity contribution in [2.24, 2.45) is 0 Å². The molecule has 1 aromatic heterocycles. The van der Waals surface area contributed by atoms with Gasteiger partial charge in [-0.2, -0.15) is 0 Å². The molecule has 0 spiro atoms. The summed E-state index contributed by atoms with van der Waals surface area (Å²) < 4.78 is 7.14. The number of hydrogen-bond donors (Lipinski definition) is 0. The van der Waals surface area contributed by atoms with Gasteiger partial charge in [0.1, 0.15) is 12.2 Å². The van der Waals surface area contributed by atoms with E-state index in [1.165, 1.54) is 32.1 Å². The topological polar surface area (TPSA) is 39.9 Å². The van der Waals surface area contributed by atoms with Gasteiger partial charge in [-0.1, -0.05) is 32.6 Å². The number of aryl methyl sites for hydroxylation is 1. The fraction of sp³-hybridized carbons (Fsp3) is 0.833. The molecule has 0 atom stereocenters. The van der Waals surface area contributed by atoms with Gasteiger partial charge in [0.05, 0.1) is 6.61 Å². The normalized spacial score (nSPS) is 10.9. The number of unbranched alkanes of at least 4 members (excludes halogenated alkanes) is 4. The number of methoxy groups -OCH3 is 1. The van der Waals surface area contributed by atoms with Gasteiger partial charge < -0.3 is 9.30 Å². The second-order valence-corrected chi connectivity index (χ2v) is 4.10. The van der Waals surface area contributed by atoms with Crippen LogP contribution in [0.5, 0.6) is 0 Å². The van der Waals surface area contributed by atoms with Crippen LogP contribution in [0.4, 0.5) is 0 Å². The van der Waals surface area contributed by atoms with Gasteiger partial charge in [-0.3, -0.25) is 0 Å². The van der Waals surface area contributed by atoms with E-state index in [1.54, 1.807) is 13.4 Å². The Morgan fingerprint density at radius 2 is 2.06 bits per heavy atom. The first-order chi connectivity index (χ1) is 7.88. The molecule has 0 aromatic carbocycles. The standard InChI is InChI=1S/C12H23N3O/c1-3-4-5-6-7-8-12-14-13-11-15(12)9-10-16-2/h11H,3-10H2,1-2H3. The van der Waals surface area contributed by atoms with Crippen LogP contribution in [0.3, 0.4) is 0 Å². The molecule has 0 bridgehead atoms. The molecular weight excluding hydrogens is 202 g/mol. The molecular formula is C12H23N3O. The van der Waals surface area contributed by atoms with Crippen molar-refractivity contribution >= 4 is 0 Å². The predicted molar refractivity (Wildman–Crippen MR) is 64.4 cm³/mol. The summed E-state index contributed by atoms with van der Waals surface area (Å²) >= 11 is 0. The van der Waals surface area contributed by atoms with E-state index in [9.17, 15) is 0 Å². The van der Waals surface area contributed by atoms with Crippen LogP contribution in [0, 0.1) is 0 Å². The van der Waals surface area contributed by atoms with E-state index in [-0.39, 0.29) is 0 Å². The maximum Gasteiger partial charge on any atom is 0.132 e. The Kier molecular flexibility index (Phi) is 6.81. The number of rotatable bonds is 9. The van der Waals surface area contributed by atoms with Crippen molar-refractivity contribution in [1.82, 2.24) is 14.8 Å². The predicted octanol–water partition coefficient (Wildman–Crippen LogP) is 2.44. The Bertz CT molecular complexity index is 273. The highest BCUT2D eigenvalue weighted by Gasteiger charge is 2.03. The highest BCUT2D eigenvalue weighted by Crippen LogP contribution is 2.07. The van der Waals surface area contributed by atoms with Crippen molar-refractivity contribution in [3.8, 4) is 0 Å². The monoisotopic (exact) mass is 225 g/mol. The molecule has 4 nitrogen and oxygen atoms in total. The Hall–Kier alpha value is -0.900. The summed E-state index contributed by atoms with van der Waals surface area (Å²) in [4.78, 5) is 0. The van der Waals surface area contributed by atoms with Crippen LogP contribution < -0.4 is 0 Å². The molecule has 0 saturated carbocycles. The van der Waals surface area contributed by atoms with Crippen LogP contribution in [0.1, 0.15) is 44.9 Å². The molecule has 0 aliphatic heterocycles. The molecule has 1 rings (SSSR count). The zero-order chi connectivity index (χ0) is 11.6. The molecule has 0 aliphatic carbocycles. The minimum atomic E-state index is 0.723. The second kappa shape index (κ2) is 8.28. The number of aromatic nitrogens is 3. The number of hydrogen-bond acceptors (Lipinski definition) is 3. The van der Waals surface area contributed by atoms with Gasteiger partial charge in [0.25, 0.3) is 0 Å². The first kappa shape index (κ1) is 13.2. The van der Waals surface area contributed by atoms with Crippen LogP contribution in [0.15, 0.2) is 6.33 Å². The average molecular weight is 225 g/mol. The maximum absolute atomic E-state index is 5.05. The van der Waals surface area contributed by atoms with Crippen molar-refractivity contribution in [3.63, 3.8) is 0 Å². The molecule has 1 heterocycles. The first-order valence-electron chi connectivity index (χ1n) is 6.24. The molecule has 0 saturated heterocycles. The Labute approximate surface area is 98.0 Å². The third-order valence-corrected chi connectivity index (χ3v) is 2.74. The van der Waals surface area contributed by atoms with Crippen molar-refractivity contribution in [3.05, 3.63) is 12.2 Å². The quantitative estimate of drug-likeness (QED) is 0.606. The fourth-order valence-electron chi connectivity index (χ4n) is 1.74. The lowest BCUT2D eigenvalue weighted by Gasteiger charge is -2.05. The summed E-state index contributed by atoms with van der Waals surface area (Å²) in [6.45, 7) is 3.82. The molecule has 0 N–H and O–H groups in total. The Balaban J connectivity index is 2.22. The third kappa shape index (κ3) is 4.75. The fourth-order valence-corrected chi connectivity index (χ4v) is 1.74. The molecule has 0 unspecified atom stereocenters. The lowest BCUT2D eigenvalue weighted by atomic mass is 10.1. The largest absolute Gasteiger partial charge is 0.383 e. The molecule has 0 fully saturated rings. The maximum atomic E-state index is 5.05. The van der Waals surface area contributed by atoms with Crippen molar-refractivity contribution in [2.75, 3.05) is 13.7 Å². The van der Waals surface area contributed by atoms with Gasteiger partial charge in [0.2, 0.25) is 0 Å². The van der Waals surface area contributed by atoms with Crippen molar-refractivity contribution in [2.45, 2.75) is 52.0 Å². The van der Waals surface area contributed by atoms with E-state index in [2.05, 4.69) is 21.7 Å². The summed E-state index contributed by atoms with van der Waals surface area (Å²) in [6.07, 6.45) is 9.31. The summed E-state index contributed by atoms with van der Waals surface area (Å²) in [7, 11) is 1.72. The molecule has 16 heavy (non-hydrogen) atoms. The molecule has 0 aliphatic rings. The Morgan fingerprint density at radius 1 is 1.25 bits per heavy atom. The smallest absolute Gasteiger partial charge is 0.132 e. The highest BCUT2D eigenvalue weighted by molar-refractivity contribution is 4.85. The van der Waals surface area contributed by atoms with Crippen LogP contribution in [-0.4, -0.2) is 28.5 Å². The lowest BCUT2D eigenvalue weighted by Crippen LogP contribution is -2.07. The van der Waals surface area contributed by atoms with E-state index in [0.29, 0.717) is 0 Å². The minimum absolute atomic E-state index is 0.723. The molecule has 4 heteroatoms. The third-order valence-electron chi connectivity index (χ3n) is 2.74. The van der Waals surface area contributed by atoms with E-state index in [4.69, 9.17) is 4.74 Å². The first-order valence-corrected chi connectivity index (χ1v) is 6.24. The second-order valence-electron chi connectivity index (χ2n) is 4.10. The SMILES string of the molecule is CCCCCCCc1nncn1CCOC. The molecule has 0 radical (unpaired) electrons. The summed E-state index contributed by atoms with van der Waals surface area (Å²) in [5, 5.41) is 8.09. The van der Waals surface area contributed by atoms with Gasteiger partial charge >= 0.3 is 0 Å². The molecule has 92 valence electrons. The van der Waals surface area contributed by atoms with Crippen LogP contribution in [0.2, 0.25) is 0 Å². The molecule has 0 amide bonds. The van der Waals surface area contributed by atoms with E-state index < -0.39 is 0 Å². The van der Waals surface area contributed by atoms with Gasteiger partial charge in [-0.05, 0) is 6.42 Å². The van der Waals surface area contributed by atoms with Gasteiger partial charge in [-0.15, -0.1) is 10.2 Å². The van der Waals surface area contributed by atoms with Crippen molar-refractivity contribution < 1.29 is 4.74 Å². The molecule has 1 aromatic rings. The van der Waals surface area contributed by atoms with Crippen LogP contribution in [-0.2, 0) is 17.7 Å². The van der Waals surface area contributed by atoms with Gasteiger partial charge in [-0.25, -0.2) is 0 Å². The van der Waals surface area contributed by atoms with E-state index >= 15 is 0 Å². The average Bonchev–Trinajstić information content (AvgIpc) is 2.74. The zero-order valence-electron chi connectivity index (χ0n) is 10.5. The van der Waals surface area contributed by atoms with Crippen LogP contribution >= 0.6 is 0 Å².